The molecule has 1 saturated heterocycles. The van der Waals surface area contributed by atoms with Gasteiger partial charge in [-0.2, -0.15) is 0 Å². The molecule has 1 aliphatic heterocycles. The third-order valence-corrected chi connectivity index (χ3v) is 4.89. The van der Waals surface area contributed by atoms with Crippen LogP contribution in [0.1, 0.15) is 59.1 Å². The van der Waals surface area contributed by atoms with E-state index in [0.29, 0.717) is 25.6 Å². The second kappa shape index (κ2) is 7.79. The quantitative estimate of drug-likeness (QED) is 0.788. The van der Waals surface area contributed by atoms with E-state index >= 15 is 0 Å². The Labute approximate surface area is 161 Å². The van der Waals surface area contributed by atoms with Crippen LogP contribution in [-0.2, 0) is 11.2 Å². The van der Waals surface area contributed by atoms with Crippen molar-refractivity contribution in [3.05, 3.63) is 23.8 Å². The molecule has 0 aliphatic carbocycles. The molecule has 148 valence electrons. The number of fused-ring (bicyclic) bond motifs is 1. The number of ether oxygens (including phenoxy) is 2. The molecule has 1 aliphatic rings. The number of aryl methyl sites for hydroxylation is 1. The van der Waals surface area contributed by atoms with Crippen molar-refractivity contribution in [1.82, 2.24) is 14.7 Å². The molecule has 1 aromatic carbocycles. The topological polar surface area (TPSA) is 56.6 Å². The molecule has 2 aromatic rings. The number of amides is 1. The molecule has 0 unspecified atom stereocenters. The number of hydrogen-bond donors (Lipinski definition) is 0. The van der Waals surface area contributed by atoms with Gasteiger partial charge in [-0.25, -0.2) is 4.79 Å². The first kappa shape index (κ1) is 19.5. The summed E-state index contributed by atoms with van der Waals surface area (Å²) in [6.45, 7) is 11.8. The Morgan fingerprint density at radius 3 is 2.52 bits per heavy atom. The molecule has 1 amide bonds. The van der Waals surface area contributed by atoms with Crippen molar-refractivity contribution >= 4 is 17.0 Å². The third kappa shape index (κ3) is 4.37. The van der Waals surface area contributed by atoms with Gasteiger partial charge in [0, 0.05) is 13.1 Å². The number of benzene rings is 1. The molecule has 0 radical (unpaired) electrons. The molecule has 0 saturated carbocycles. The van der Waals surface area contributed by atoms with Crippen molar-refractivity contribution in [3.8, 4) is 5.88 Å². The van der Waals surface area contributed by atoms with Crippen molar-refractivity contribution in [2.75, 3.05) is 19.7 Å². The SMILES string of the molecule is CCOc1nn(C2CCN(C(=O)OC(C)(C)C)CC2)c2ccc(CC)cc12. The van der Waals surface area contributed by atoms with Crippen molar-refractivity contribution < 1.29 is 14.3 Å². The van der Waals surface area contributed by atoms with E-state index in [0.717, 1.165) is 30.2 Å². The molecule has 27 heavy (non-hydrogen) atoms. The van der Waals surface area contributed by atoms with Gasteiger partial charge in [0.15, 0.2) is 0 Å². The summed E-state index contributed by atoms with van der Waals surface area (Å²) in [4.78, 5) is 14.1. The van der Waals surface area contributed by atoms with Crippen LogP contribution in [0.5, 0.6) is 5.88 Å². The number of rotatable bonds is 4. The fourth-order valence-corrected chi connectivity index (χ4v) is 3.52. The summed E-state index contributed by atoms with van der Waals surface area (Å²) in [7, 11) is 0. The van der Waals surface area contributed by atoms with Crippen molar-refractivity contribution in [1.29, 1.82) is 0 Å². The predicted octanol–water partition coefficient (Wildman–Crippen LogP) is 4.57. The molecule has 6 nitrogen and oxygen atoms in total. The largest absolute Gasteiger partial charge is 0.476 e. The van der Waals surface area contributed by atoms with Crippen LogP contribution in [0, 0.1) is 0 Å². The van der Waals surface area contributed by atoms with Gasteiger partial charge in [-0.15, -0.1) is 5.10 Å². The van der Waals surface area contributed by atoms with E-state index in [4.69, 9.17) is 14.6 Å². The Kier molecular flexibility index (Phi) is 5.63. The average Bonchev–Trinajstić information content (AvgIpc) is 2.98. The number of carbonyl (C=O) groups is 1. The summed E-state index contributed by atoms with van der Waals surface area (Å²) >= 11 is 0. The summed E-state index contributed by atoms with van der Waals surface area (Å²) in [5.41, 5.74) is 1.92. The highest BCUT2D eigenvalue weighted by atomic mass is 16.6. The highest BCUT2D eigenvalue weighted by Crippen LogP contribution is 2.32. The minimum atomic E-state index is -0.463. The van der Waals surface area contributed by atoms with Crippen LogP contribution >= 0.6 is 0 Å². The van der Waals surface area contributed by atoms with Crippen LogP contribution in [0.4, 0.5) is 4.79 Å². The second-order valence-corrected chi connectivity index (χ2v) is 8.09. The number of carbonyl (C=O) groups excluding carboxylic acids is 1. The highest BCUT2D eigenvalue weighted by molar-refractivity contribution is 5.85. The summed E-state index contributed by atoms with van der Waals surface area (Å²) in [5, 5.41) is 5.84. The summed E-state index contributed by atoms with van der Waals surface area (Å²) in [6.07, 6.45) is 2.48. The van der Waals surface area contributed by atoms with E-state index in [2.05, 4.69) is 29.8 Å². The lowest BCUT2D eigenvalue weighted by Crippen LogP contribution is -2.42. The summed E-state index contributed by atoms with van der Waals surface area (Å²) < 4.78 is 13.4. The Balaban J connectivity index is 1.78. The first-order valence-corrected chi connectivity index (χ1v) is 9.94. The zero-order valence-corrected chi connectivity index (χ0v) is 17.1. The van der Waals surface area contributed by atoms with Gasteiger partial charge in [-0.1, -0.05) is 13.0 Å². The summed E-state index contributed by atoms with van der Waals surface area (Å²) in [6, 6.07) is 6.74. The number of likely N-dealkylation sites (tertiary alicyclic amines) is 1. The number of hydrogen-bond acceptors (Lipinski definition) is 4. The first-order chi connectivity index (χ1) is 12.8. The van der Waals surface area contributed by atoms with Gasteiger partial charge in [0.1, 0.15) is 5.60 Å². The fraction of sp³-hybridized carbons (Fsp3) is 0.619. The third-order valence-electron chi connectivity index (χ3n) is 4.89. The van der Waals surface area contributed by atoms with Gasteiger partial charge in [-0.3, -0.25) is 4.68 Å². The van der Waals surface area contributed by atoms with E-state index in [1.165, 1.54) is 5.56 Å². The zero-order chi connectivity index (χ0) is 19.6. The number of aromatic nitrogens is 2. The maximum atomic E-state index is 12.3. The molecule has 2 heterocycles. The zero-order valence-electron chi connectivity index (χ0n) is 17.1. The van der Waals surface area contributed by atoms with Gasteiger partial charge in [0.05, 0.1) is 23.6 Å². The Morgan fingerprint density at radius 2 is 1.93 bits per heavy atom. The minimum absolute atomic E-state index is 0.228. The van der Waals surface area contributed by atoms with Gasteiger partial charge in [0.25, 0.3) is 0 Å². The lowest BCUT2D eigenvalue weighted by molar-refractivity contribution is 0.0185. The maximum absolute atomic E-state index is 12.3. The number of piperidine rings is 1. The Bertz CT molecular complexity index is 799. The smallest absolute Gasteiger partial charge is 0.410 e. The summed E-state index contributed by atoms with van der Waals surface area (Å²) in [5.74, 6) is 0.706. The second-order valence-electron chi connectivity index (χ2n) is 8.09. The van der Waals surface area contributed by atoms with Crippen molar-refractivity contribution in [2.45, 2.75) is 65.5 Å². The molecule has 1 aromatic heterocycles. The van der Waals surface area contributed by atoms with Crippen LogP contribution in [-0.4, -0.2) is 46.1 Å². The van der Waals surface area contributed by atoms with E-state index < -0.39 is 5.60 Å². The normalized spacial score (nSPS) is 16.0. The van der Waals surface area contributed by atoms with Gasteiger partial charge >= 0.3 is 6.09 Å². The van der Waals surface area contributed by atoms with E-state index in [1.807, 2.05) is 27.7 Å². The number of nitrogens with zero attached hydrogens (tertiary/aromatic N) is 3. The van der Waals surface area contributed by atoms with Gasteiger partial charge < -0.3 is 14.4 Å². The van der Waals surface area contributed by atoms with Crippen LogP contribution in [0.3, 0.4) is 0 Å². The van der Waals surface area contributed by atoms with E-state index in [1.54, 1.807) is 4.90 Å². The van der Waals surface area contributed by atoms with Crippen LogP contribution in [0.2, 0.25) is 0 Å². The van der Waals surface area contributed by atoms with Crippen molar-refractivity contribution in [2.24, 2.45) is 0 Å². The lowest BCUT2D eigenvalue weighted by Gasteiger charge is -2.33. The molecule has 6 heteroatoms. The molecule has 0 bridgehead atoms. The molecular formula is C21H31N3O3. The minimum Gasteiger partial charge on any atom is -0.476 e. The van der Waals surface area contributed by atoms with Gasteiger partial charge in [0.2, 0.25) is 5.88 Å². The van der Waals surface area contributed by atoms with E-state index in [9.17, 15) is 4.79 Å². The first-order valence-electron chi connectivity index (χ1n) is 9.94. The average molecular weight is 373 g/mol. The fourth-order valence-electron chi connectivity index (χ4n) is 3.52. The molecule has 1 fully saturated rings. The molecule has 0 N–H and O–H groups in total. The van der Waals surface area contributed by atoms with Gasteiger partial charge in [-0.05, 0) is 64.7 Å². The highest BCUT2D eigenvalue weighted by Gasteiger charge is 2.29. The van der Waals surface area contributed by atoms with Crippen LogP contribution in [0.15, 0.2) is 18.2 Å². The van der Waals surface area contributed by atoms with Crippen LogP contribution in [0.25, 0.3) is 10.9 Å². The predicted molar refractivity (Wildman–Crippen MR) is 106 cm³/mol. The lowest BCUT2D eigenvalue weighted by atomic mass is 10.0. The van der Waals surface area contributed by atoms with Crippen molar-refractivity contribution in [3.63, 3.8) is 0 Å². The van der Waals surface area contributed by atoms with Crippen LogP contribution < -0.4 is 4.74 Å². The Hall–Kier alpha value is -2.24. The standard InChI is InChI=1S/C21H31N3O3/c1-6-15-8-9-18-17(14-15)19(26-7-2)22-24(18)16-10-12-23(13-11-16)20(25)27-21(3,4)5/h8-9,14,16H,6-7,10-13H2,1-5H3. The monoisotopic (exact) mass is 373 g/mol. The molecule has 0 spiro atoms. The maximum Gasteiger partial charge on any atom is 0.410 e. The molecule has 3 rings (SSSR count). The Morgan fingerprint density at radius 1 is 1.22 bits per heavy atom. The molecular weight excluding hydrogens is 342 g/mol. The van der Waals surface area contributed by atoms with E-state index in [-0.39, 0.29) is 12.1 Å². The molecule has 0 atom stereocenters.